The van der Waals surface area contributed by atoms with Gasteiger partial charge in [-0.1, -0.05) is 19.9 Å². The summed E-state index contributed by atoms with van der Waals surface area (Å²) in [6, 6.07) is 9.57. The van der Waals surface area contributed by atoms with E-state index in [1.807, 2.05) is 12.3 Å². The topological polar surface area (TPSA) is 136 Å². The van der Waals surface area contributed by atoms with Gasteiger partial charge in [0.1, 0.15) is 27.2 Å². The number of hydrogen-bond acceptors (Lipinski definition) is 9. The molecule has 210 valence electrons. The molecule has 0 aliphatic carbocycles. The lowest BCUT2D eigenvalue weighted by molar-refractivity contribution is -0.391. The fourth-order valence-corrected chi connectivity index (χ4v) is 6.59. The van der Waals surface area contributed by atoms with Crippen LogP contribution in [-0.2, 0) is 16.9 Å². The largest absolute Gasteiger partial charge is 0.368 e. The Hall–Kier alpha value is -4.06. The molecule has 11 nitrogen and oxygen atoms in total. The van der Waals surface area contributed by atoms with Crippen LogP contribution in [0, 0.1) is 23.0 Å². The zero-order valence-electron chi connectivity index (χ0n) is 23.4. The molecule has 0 bridgehead atoms. The molecular weight excluding hydrogens is 530 g/mol. The zero-order chi connectivity index (χ0) is 28.9. The van der Waals surface area contributed by atoms with Crippen molar-refractivity contribution in [2.24, 2.45) is 13.0 Å². The van der Waals surface area contributed by atoms with Crippen molar-refractivity contribution in [3.8, 4) is 11.4 Å². The van der Waals surface area contributed by atoms with Gasteiger partial charge < -0.3 is 20.3 Å². The monoisotopic (exact) mass is 563 g/mol. The van der Waals surface area contributed by atoms with Gasteiger partial charge in [0.15, 0.2) is 5.82 Å². The minimum Gasteiger partial charge on any atom is -0.368 e. The van der Waals surface area contributed by atoms with Crippen LogP contribution < -0.4 is 10.2 Å². The first-order chi connectivity index (χ1) is 18.8. The minimum absolute atomic E-state index is 0.0261. The second-order valence-electron chi connectivity index (χ2n) is 10.9. The summed E-state index contributed by atoms with van der Waals surface area (Å²) in [4.78, 5) is 26.8. The molecule has 1 aliphatic rings. The van der Waals surface area contributed by atoms with E-state index < -0.39 is 14.8 Å². The summed E-state index contributed by atoms with van der Waals surface area (Å²) >= 11 is 0. The first kappa shape index (κ1) is 27.5. The predicted octanol–water partition coefficient (Wildman–Crippen LogP) is 4.98. The highest BCUT2D eigenvalue weighted by Gasteiger charge is 2.38. The number of sulfone groups is 1. The van der Waals surface area contributed by atoms with Crippen LogP contribution in [0.5, 0.6) is 0 Å². The van der Waals surface area contributed by atoms with E-state index in [0.717, 1.165) is 16.5 Å². The molecule has 0 radical (unpaired) electrons. The first-order valence-corrected chi connectivity index (χ1v) is 15.2. The number of fused-ring (bicyclic) bond motifs is 1. The van der Waals surface area contributed by atoms with Crippen molar-refractivity contribution >= 4 is 43.8 Å². The van der Waals surface area contributed by atoms with E-state index in [1.54, 1.807) is 26.2 Å². The molecule has 12 heteroatoms. The number of pyridine rings is 1. The van der Waals surface area contributed by atoms with E-state index >= 15 is 0 Å². The third-order valence-electron chi connectivity index (χ3n) is 7.81. The van der Waals surface area contributed by atoms with Gasteiger partial charge in [0, 0.05) is 54.3 Å². The number of nitrogens with one attached hydrogen (secondary N) is 1. The molecule has 0 spiro atoms. The maximum absolute atomic E-state index is 11.8. The fraction of sp³-hybridized carbons (Fsp3) is 0.393. The minimum atomic E-state index is -3.04. The number of aromatic nitrogens is 4. The lowest BCUT2D eigenvalue weighted by Gasteiger charge is -2.48. The summed E-state index contributed by atoms with van der Waals surface area (Å²) < 4.78 is 25.2. The average molecular weight is 564 g/mol. The van der Waals surface area contributed by atoms with Crippen LogP contribution in [0.1, 0.15) is 37.9 Å². The van der Waals surface area contributed by atoms with Gasteiger partial charge in [-0.25, -0.2) is 27.9 Å². The van der Waals surface area contributed by atoms with E-state index in [1.165, 1.54) is 22.5 Å². The molecule has 1 saturated heterocycles. The second kappa shape index (κ2) is 10.2. The number of rotatable bonds is 8. The Kier molecular flexibility index (Phi) is 6.99. The lowest BCUT2D eigenvalue weighted by atomic mass is 9.88. The highest BCUT2D eigenvalue weighted by atomic mass is 32.2. The SMILES string of the molecule is Cc1c(-c2nccc(Nc3cc4c(C(C)C)ccc(N5C[C@H](CS(C)(=O)=O)[C@H]5C)c4cn3)n2)cc([N+](=O)[O-])n1C. The first-order valence-electron chi connectivity index (χ1n) is 13.1. The predicted molar refractivity (Wildman–Crippen MR) is 157 cm³/mol. The molecule has 4 aromatic rings. The number of benzene rings is 1. The van der Waals surface area contributed by atoms with Gasteiger partial charge in [0.05, 0.1) is 18.4 Å². The lowest BCUT2D eigenvalue weighted by Crippen LogP contribution is -2.57. The molecule has 5 rings (SSSR count). The van der Waals surface area contributed by atoms with Crippen molar-refractivity contribution in [3.05, 3.63) is 64.1 Å². The standard InChI is InChI=1S/C28H33N7O4S/c1-16(2)20-7-8-24(34-14-19(17(34)3)15-40(6,38)39)23-13-30-26(11-22(20)23)31-25-9-10-29-28(32-25)21-12-27(35(36)37)33(5)18(21)4/h7-13,16-17,19H,14-15H2,1-6H3,(H,29,30,31,32)/t17-,19-/m1/s1. The quantitative estimate of drug-likeness (QED) is 0.232. The Bertz CT molecular complexity index is 1730. The van der Waals surface area contributed by atoms with E-state index in [0.29, 0.717) is 35.3 Å². The molecule has 3 aromatic heterocycles. The summed E-state index contributed by atoms with van der Waals surface area (Å²) in [6.07, 6.45) is 4.75. The van der Waals surface area contributed by atoms with Gasteiger partial charge in [-0.3, -0.25) is 0 Å². The summed E-state index contributed by atoms with van der Waals surface area (Å²) in [5.41, 5.74) is 3.51. The van der Waals surface area contributed by atoms with Crippen LogP contribution in [0.4, 0.5) is 23.1 Å². The molecule has 1 aliphatic heterocycles. The van der Waals surface area contributed by atoms with Crippen LogP contribution in [-0.4, -0.2) is 57.5 Å². The number of nitrogens with zero attached hydrogens (tertiary/aromatic N) is 6. The third kappa shape index (κ3) is 5.10. The smallest absolute Gasteiger partial charge is 0.323 e. The Morgan fingerprint density at radius 2 is 1.90 bits per heavy atom. The summed E-state index contributed by atoms with van der Waals surface area (Å²) in [7, 11) is -1.39. The van der Waals surface area contributed by atoms with Crippen LogP contribution in [0.3, 0.4) is 0 Å². The van der Waals surface area contributed by atoms with E-state index in [9.17, 15) is 18.5 Å². The Labute approximate surface area is 233 Å². The third-order valence-corrected chi connectivity index (χ3v) is 8.85. The van der Waals surface area contributed by atoms with E-state index in [2.05, 4.69) is 58.1 Å². The second-order valence-corrected chi connectivity index (χ2v) is 13.1. The molecule has 0 saturated carbocycles. The fourth-order valence-electron chi connectivity index (χ4n) is 5.43. The molecule has 0 amide bonds. The Morgan fingerprint density at radius 1 is 1.15 bits per heavy atom. The molecule has 1 N–H and O–H groups in total. The van der Waals surface area contributed by atoms with Crippen molar-refractivity contribution in [2.45, 2.75) is 39.7 Å². The summed E-state index contributed by atoms with van der Waals surface area (Å²) in [5, 5.41) is 16.7. The zero-order valence-corrected chi connectivity index (χ0v) is 24.2. The molecule has 2 atom stereocenters. The van der Waals surface area contributed by atoms with Gasteiger partial charge >= 0.3 is 5.82 Å². The average Bonchev–Trinajstić information content (AvgIpc) is 3.19. The van der Waals surface area contributed by atoms with Crippen molar-refractivity contribution in [1.29, 1.82) is 0 Å². The van der Waals surface area contributed by atoms with E-state index in [4.69, 9.17) is 0 Å². The van der Waals surface area contributed by atoms with Crippen molar-refractivity contribution in [3.63, 3.8) is 0 Å². The van der Waals surface area contributed by atoms with Gasteiger partial charge in [-0.15, -0.1) is 0 Å². The normalized spacial score (nSPS) is 17.3. The van der Waals surface area contributed by atoms with Gasteiger partial charge in [-0.05, 0) is 53.8 Å². The van der Waals surface area contributed by atoms with E-state index in [-0.39, 0.29) is 29.4 Å². The Balaban J connectivity index is 1.47. The van der Waals surface area contributed by atoms with Gasteiger partial charge in [-0.2, -0.15) is 0 Å². The summed E-state index contributed by atoms with van der Waals surface area (Å²) in [5.74, 6) is 2.06. The molecular formula is C28H33N7O4S. The molecule has 1 fully saturated rings. The number of nitro groups is 1. The highest BCUT2D eigenvalue weighted by Crippen LogP contribution is 2.39. The van der Waals surface area contributed by atoms with Crippen LogP contribution in [0.2, 0.25) is 0 Å². The summed E-state index contributed by atoms with van der Waals surface area (Å²) in [6.45, 7) is 8.85. The van der Waals surface area contributed by atoms with Gasteiger partial charge in [0.25, 0.3) is 0 Å². The van der Waals surface area contributed by atoms with Crippen LogP contribution >= 0.6 is 0 Å². The maximum atomic E-state index is 11.8. The molecule has 4 heterocycles. The highest BCUT2D eigenvalue weighted by molar-refractivity contribution is 7.90. The molecule has 1 aromatic carbocycles. The van der Waals surface area contributed by atoms with Crippen molar-refractivity contribution in [2.75, 3.05) is 28.8 Å². The molecule has 40 heavy (non-hydrogen) atoms. The van der Waals surface area contributed by atoms with Crippen LogP contribution in [0.15, 0.2) is 42.7 Å². The van der Waals surface area contributed by atoms with Gasteiger partial charge in [0.2, 0.25) is 0 Å². The number of hydrogen-bond donors (Lipinski definition) is 1. The Morgan fingerprint density at radius 3 is 2.52 bits per heavy atom. The number of anilines is 3. The van der Waals surface area contributed by atoms with Crippen molar-refractivity contribution in [1.82, 2.24) is 19.5 Å². The molecule has 0 unspecified atom stereocenters. The maximum Gasteiger partial charge on any atom is 0.323 e. The van der Waals surface area contributed by atoms with Crippen molar-refractivity contribution < 1.29 is 13.3 Å². The van der Waals surface area contributed by atoms with Crippen LogP contribution in [0.25, 0.3) is 22.2 Å².